The van der Waals surface area contributed by atoms with Gasteiger partial charge in [0.2, 0.25) is 5.88 Å². The van der Waals surface area contributed by atoms with E-state index in [0.717, 1.165) is 5.56 Å². The van der Waals surface area contributed by atoms with Gasteiger partial charge in [-0.3, -0.25) is 14.8 Å². The Labute approximate surface area is 134 Å². The van der Waals surface area contributed by atoms with E-state index in [9.17, 15) is 15.2 Å². The molecule has 0 aliphatic carbocycles. The van der Waals surface area contributed by atoms with E-state index in [1.54, 1.807) is 24.3 Å². The Bertz CT molecular complexity index is 892. The molecular formula is C14H9Cl2N3O3. The Morgan fingerprint density at radius 3 is 2.68 bits per heavy atom. The lowest BCUT2D eigenvalue weighted by molar-refractivity contribution is -0.384. The minimum atomic E-state index is -0.522. The van der Waals surface area contributed by atoms with Gasteiger partial charge in [-0.25, -0.2) is 0 Å². The summed E-state index contributed by atoms with van der Waals surface area (Å²) in [6, 6.07) is 9.29. The Hall–Kier alpha value is -2.31. The van der Waals surface area contributed by atoms with Crippen molar-refractivity contribution in [3.05, 3.63) is 62.1 Å². The molecule has 0 radical (unpaired) electrons. The first kappa shape index (κ1) is 14.6. The number of rotatable bonds is 3. The molecule has 22 heavy (non-hydrogen) atoms. The van der Waals surface area contributed by atoms with Gasteiger partial charge in [-0.05, 0) is 23.8 Å². The van der Waals surface area contributed by atoms with Crippen molar-refractivity contribution in [3.8, 4) is 5.88 Å². The highest BCUT2D eigenvalue weighted by Gasteiger charge is 2.15. The molecule has 0 aliphatic heterocycles. The lowest BCUT2D eigenvalue weighted by Crippen LogP contribution is -2.02. The van der Waals surface area contributed by atoms with Crippen LogP contribution in [0.15, 0.2) is 36.4 Å². The summed E-state index contributed by atoms with van der Waals surface area (Å²) in [5, 5.41) is 26.0. The number of aromatic hydroxyl groups is 1. The normalized spacial score (nSPS) is 11.0. The van der Waals surface area contributed by atoms with E-state index in [0.29, 0.717) is 27.5 Å². The van der Waals surface area contributed by atoms with E-state index in [1.807, 2.05) is 0 Å². The largest absolute Gasteiger partial charge is 0.492 e. The summed E-state index contributed by atoms with van der Waals surface area (Å²) in [5.74, 6) is -0.260. The number of nitro groups is 1. The molecular weight excluding hydrogens is 329 g/mol. The van der Waals surface area contributed by atoms with Gasteiger partial charge in [-0.15, -0.1) is 5.10 Å². The third kappa shape index (κ3) is 2.58. The Morgan fingerprint density at radius 1 is 1.23 bits per heavy atom. The topological polar surface area (TPSA) is 81.2 Å². The number of non-ortho nitro benzene ring substituents is 1. The summed E-state index contributed by atoms with van der Waals surface area (Å²) in [6.45, 7) is 0.310. The van der Waals surface area contributed by atoms with Crippen molar-refractivity contribution in [2.45, 2.75) is 6.54 Å². The number of benzene rings is 2. The second kappa shape index (κ2) is 5.47. The zero-order valence-corrected chi connectivity index (χ0v) is 12.5. The summed E-state index contributed by atoms with van der Waals surface area (Å²) < 4.78 is 1.53. The molecule has 0 saturated heterocycles. The van der Waals surface area contributed by atoms with E-state index in [2.05, 4.69) is 5.10 Å². The number of aromatic nitrogens is 2. The molecule has 0 unspecified atom stereocenters. The number of hydrogen-bond acceptors (Lipinski definition) is 4. The smallest absolute Gasteiger partial charge is 0.270 e. The molecule has 0 spiro atoms. The van der Waals surface area contributed by atoms with E-state index in [-0.39, 0.29) is 11.6 Å². The van der Waals surface area contributed by atoms with Crippen molar-refractivity contribution >= 4 is 39.8 Å². The van der Waals surface area contributed by atoms with Crippen molar-refractivity contribution in [1.82, 2.24) is 9.78 Å². The van der Waals surface area contributed by atoms with Gasteiger partial charge in [0.15, 0.2) is 0 Å². The van der Waals surface area contributed by atoms with Crippen LogP contribution in [0.4, 0.5) is 5.69 Å². The molecule has 2 aromatic carbocycles. The number of hydrogen-bond donors (Lipinski definition) is 1. The fourth-order valence-electron chi connectivity index (χ4n) is 2.20. The van der Waals surface area contributed by atoms with Gasteiger partial charge in [-0.2, -0.15) is 0 Å². The fourth-order valence-corrected chi connectivity index (χ4v) is 2.66. The van der Waals surface area contributed by atoms with Crippen molar-refractivity contribution in [2.75, 3.05) is 0 Å². The number of halogens is 2. The maximum absolute atomic E-state index is 10.8. The highest BCUT2D eigenvalue weighted by molar-refractivity contribution is 6.35. The van der Waals surface area contributed by atoms with Crippen LogP contribution in [0.1, 0.15) is 5.56 Å². The molecule has 6 nitrogen and oxygen atoms in total. The third-order valence-corrected chi connectivity index (χ3v) is 3.85. The Kier molecular flexibility index (Phi) is 3.64. The molecule has 112 valence electrons. The minimum absolute atomic E-state index is 0.105. The second-order valence-electron chi connectivity index (χ2n) is 4.68. The van der Waals surface area contributed by atoms with Crippen molar-refractivity contribution in [2.24, 2.45) is 0 Å². The van der Waals surface area contributed by atoms with Crippen molar-refractivity contribution < 1.29 is 10.0 Å². The first-order chi connectivity index (χ1) is 10.5. The summed E-state index contributed by atoms with van der Waals surface area (Å²) >= 11 is 12.0. The zero-order chi connectivity index (χ0) is 15.9. The van der Waals surface area contributed by atoms with Crippen LogP contribution >= 0.6 is 23.2 Å². The quantitative estimate of drug-likeness (QED) is 0.578. The second-order valence-corrected chi connectivity index (χ2v) is 5.52. The average molecular weight is 338 g/mol. The molecule has 0 fully saturated rings. The van der Waals surface area contributed by atoms with Crippen molar-refractivity contribution in [1.29, 1.82) is 0 Å². The highest BCUT2D eigenvalue weighted by atomic mass is 35.5. The van der Waals surface area contributed by atoms with Gasteiger partial charge in [0.1, 0.15) is 0 Å². The molecule has 1 aromatic heterocycles. The van der Waals surface area contributed by atoms with Crippen LogP contribution in [0.3, 0.4) is 0 Å². The predicted molar refractivity (Wildman–Crippen MR) is 83.6 cm³/mol. The van der Waals surface area contributed by atoms with Gasteiger partial charge < -0.3 is 5.11 Å². The monoisotopic (exact) mass is 337 g/mol. The molecule has 1 N–H and O–H groups in total. The van der Waals surface area contributed by atoms with Crippen LogP contribution in [-0.2, 0) is 6.54 Å². The van der Waals surface area contributed by atoms with Crippen LogP contribution in [0.5, 0.6) is 5.88 Å². The summed E-state index contributed by atoms with van der Waals surface area (Å²) in [5.41, 5.74) is 1.25. The number of nitro benzene ring substituents is 1. The predicted octanol–water partition coefficient (Wildman–Crippen LogP) is 4.01. The van der Waals surface area contributed by atoms with E-state index in [4.69, 9.17) is 23.2 Å². The zero-order valence-electron chi connectivity index (χ0n) is 11.0. The maximum atomic E-state index is 10.8. The lowest BCUT2D eigenvalue weighted by atomic mass is 10.2. The summed E-state index contributed by atoms with van der Waals surface area (Å²) in [7, 11) is 0. The molecule has 3 aromatic rings. The molecule has 0 bridgehead atoms. The highest BCUT2D eigenvalue weighted by Crippen LogP contribution is 2.29. The Morgan fingerprint density at radius 2 is 2.00 bits per heavy atom. The standard InChI is InChI=1S/C14H9Cl2N3O3/c15-9-2-1-8(12(16)5-9)7-18-13-4-3-10(19(21)22)6-11(13)14(20)17-18/h1-6H,7H2,(H,17,20). The third-order valence-electron chi connectivity index (χ3n) is 3.26. The first-order valence-corrected chi connectivity index (χ1v) is 6.99. The van der Waals surface area contributed by atoms with Crippen LogP contribution in [0.2, 0.25) is 10.0 Å². The van der Waals surface area contributed by atoms with Gasteiger partial charge in [-0.1, -0.05) is 29.3 Å². The number of fused-ring (bicyclic) bond motifs is 1. The molecule has 0 atom stereocenters. The maximum Gasteiger partial charge on any atom is 0.270 e. The fraction of sp³-hybridized carbons (Fsp3) is 0.0714. The average Bonchev–Trinajstić information content (AvgIpc) is 2.78. The molecule has 3 rings (SSSR count). The molecule has 0 amide bonds. The minimum Gasteiger partial charge on any atom is -0.492 e. The van der Waals surface area contributed by atoms with E-state index < -0.39 is 4.92 Å². The summed E-state index contributed by atoms with van der Waals surface area (Å²) in [6.07, 6.45) is 0. The molecule has 1 heterocycles. The van der Waals surface area contributed by atoms with Crippen LogP contribution in [-0.4, -0.2) is 19.8 Å². The SMILES string of the molecule is O=[N+]([O-])c1ccc2c(c1)c(O)nn2Cc1ccc(Cl)cc1Cl. The first-order valence-electron chi connectivity index (χ1n) is 6.23. The molecule has 0 saturated carbocycles. The van der Waals surface area contributed by atoms with Gasteiger partial charge in [0.05, 0.1) is 22.4 Å². The summed E-state index contributed by atoms with van der Waals surface area (Å²) in [4.78, 5) is 10.3. The van der Waals surface area contributed by atoms with Crippen LogP contribution in [0, 0.1) is 10.1 Å². The van der Waals surface area contributed by atoms with Gasteiger partial charge in [0, 0.05) is 22.2 Å². The van der Waals surface area contributed by atoms with E-state index >= 15 is 0 Å². The molecule has 0 aliphatic rings. The lowest BCUT2D eigenvalue weighted by Gasteiger charge is -2.06. The van der Waals surface area contributed by atoms with Gasteiger partial charge in [0.25, 0.3) is 5.69 Å². The van der Waals surface area contributed by atoms with Crippen LogP contribution < -0.4 is 0 Å². The van der Waals surface area contributed by atoms with Gasteiger partial charge >= 0.3 is 0 Å². The van der Waals surface area contributed by atoms with Crippen molar-refractivity contribution in [3.63, 3.8) is 0 Å². The molecule has 8 heteroatoms. The number of nitrogens with zero attached hydrogens (tertiary/aromatic N) is 3. The van der Waals surface area contributed by atoms with Crippen LogP contribution in [0.25, 0.3) is 10.9 Å². The van der Waals surface area contributed by atoms with E-state index in [1.165, 1.54) is 16.8 Å². The Balaban J connectivity index is 2.06.